The Morgan fingerprint density at radius 3 is 2.64 bits per heavy atom. The van der Waals surface area contributed by atoms with Gasteiger partial charge in [-0.1, -0.05) is 23.5 Å². The number of methoxy groups -OCH3 is 1. The van der Waals surface area contributed by atoms with E-state index in [2.05, 4.69) is 36.2 Å². The van der Waals surface area contributed by atoms with Gasteiger partial charge in [-0.05, 0) is 69.0 Å². The van der Waals surface area contributed by atoms with Crippen LogP contribution in [0.4, 0.5) is 0 Å². The number of carbonyl (C=O) groups excluding carboxylic acids is 1. The average molecular weight is 467 g/mol. The van der Waals surface area contributed by atoms with Crippen molar-refractivity contribution in [3.8, 4) is 11.5 Å². The maximum absolute atomic E-state index is 12.8. The molecular weight excluding hydrogens is 436 g/mol. The monoisotopic (exact) mass is 466 g/mol. The molecular formula is C25H30N4O3S. The lowest BCUT2D eigenvalue weighted by Crippen LogP contribution is -2.49. The van der Waals surface area contributed by atoms with Gasteiger partial charge in [0, 0.05) is 19.1 Å². The zero-order valence-corrected chi connectivity index (χ0v) is 20.3. The van der Waals surface area contributed by atoms with Crippen molar-refractivity contribution < 1.29 is 14.3 Å². The minimum atomic E-state index is -0.00372. The Balaban J connectivity index is 1.45. The first kappa shape index (κ1) is 23.0. The number of amides is 1. The molecule has 0 saturated carbocycles. The number of ether oxygens (including phenoxy) is 2. The number of aryl methyl sites for hydroxylation is 1. The second kappa shape index (κ2) is 10.2. The lowest BCUT2D eigenvalue weighted by Gasteiger charge is -2.39. The molecule has 1 amide bonds. The molecule has 2 heterocycles. The van der Waals surface area contributed by atoms with Gasteiger partial charge in [0.1, 0.15) is 0 Å². The van der Waals surface area contributed by atoms with Gasteiger partial charge in [-0.3, -0.25) is 4.79 Å². The van der Waals surface area contributed by atoms with Crippen molar-refractivity contribution in [1.82, 2.24) is 9.47 Å². The molecule has 1 aliphatic heterocycles. The molecule has 0 spiro atoms. The average Bonchev–Trinajstić information content (AvgIpc) is 3.13. The van der Waals surface area contributed by atoms with Gasteiger partial charge < -0.3 is 18.9 Å². The summed E-state index contributed by atoms with van der Waals surface area (Å²) in [5.74, 6) is 1.10. The first-order chi connectivity index (χ1) is 16.0. The van der Waals surface area contributed by atoms with Gasteiger partial charge in [-0.25, -0.2) is 0 Å². The number of thiazole rings is 1. The molecule has 4 rings (SSSR count). The molecule has 1 aliphatic rings. The number of fused-ring (bicyclic) bond motifs is 1. The van der Waals surface area contributed by atoms with Crippen LogP contribution in [0.1, 0.15) is 38.7 Å². The SMILES string of the molecule is COc1cc(C=NN=c2sc3ccccc3n2C)ccc1OCC(=O)N1C(C)CCCC1C. The Kier molecular flexibility index (Phi) is 7.13. The van der Waals surface area contributed by atoms with Crippen molar-refractivity contribution in [3.63, 3.8) is 0 Å². The number of likely N-dealkylation sites (tertiary alicyclic amines) is 1. The van der Waals surface area contributed by atoms with Gasteiger partial charge in [0.25, 0.3) is 5.91 Å². The van der Waals surface area contributed by atoms with E-state index in [4.69, 9.17) is 9.47 Å². The molecule has 1 fully saturated rings. The highest BCUT2D eigenvalue weighted by molar-refractivity contribution is 7.16. The van der Waals surface area contributed by atoms with Crippen LogP contribution in [0.2, 0.25) is 0 Å². The maximum atomic E-state index is 12.8. The number of carbonyl (C=O) groups is 1. The summed E-state index contributed by atoms with van der Waals surface area (Å²) in [4.78, 5) is 15.5. The highest BCUT2D eigenvalue weighted by Gasteiger charge is 2.29. The third-order valence-corrected chi connectivity index (χ3v) is 7.19. The molecule has 33 heavy (non-hydrogen) atoms. The number of nitrogens with zero attached hydrogens (tertiary/aromatic N) is 4. The topological polar surface area (TPSA) is 68.4 Å². The van der Waals surface area contributed by atoms with Gasteiger partial charge in [0.2, 0.25) is 4.80 Å². The zero-order valence-electron chi connectivity index (χ0n) is 19.5. The van der Waals surface area contributed by atoms with E-state index in [9.17, 15) is 4.79 Å². The third-order valence-electron chi connectivity index (χ3n) is 6.09. The van der Waals surface area contributed by atoms with Crippen molar-refractivity contribution in [3.05, 3.63) is 52.8 Å². The van der Waals surface area contributed by atoms with E-state index in [1.807, 2.05) is 40.8 Å². The standard InChI is InChI=1S/C25H30N4O3S/c1-17-8-7-9-18(2)29(17)24(30)16-32-21-13-12-19(14-22(21)31-4)15-26-27-25-28(3)20-10-5-6-11-23(20)33-25/h5-6,10-15,17-18H,7-9,16H2,1-4H3. The van der Waals surface area contributed by atoms with Gasteiger partial charge in [-0.15, -0.1) is 5.10 Å². The lowest BCUT2D eigenvalue weighted by molar-refractivity contribution is -0.139. The van der Waals surface area contributed by atoms with Crippen molar-refractivity contribution in [2.75, 3.05) is 13.7 Å². The number of para-hydroxylation sites is 1. The highest BCUT2D eigenvalue weighted by atomic mass is 32.1. The van der Waals surface area contributed by atoms with E-state index < -0.39 is 0 Å². The zero-order chi connectivity index (χ0) is 23.4. The third kappa shape index (κ3) is 5.11. The van der Waals surface area contributed by atoms with Crippen LogP contribution in [-0.4, -0.2) is 47.4 Å². The highest BCUT2D eigenvalue weighted by Crippen LogP contribution is 2.28. The van der Waals surface area contributed by atoms with Crippen LogP contribution in [-0.2, 0) is 11.8 Å². The van der Waals surface area contributed by atoms with Gasteiger partial charge in [0.15, 0.2) is 18.1 Å². The van der Waals surface area contributed by atoms with Crippen LogP contribution >= 0.6 is 11.3 Å². The largest absolute Gasteiger partial charge is 0.493 e. The fraction of sp³-hybridized carbons (Fsp3) is 0.400. The number of rotatable bonds is 6. The van der Waals surface area contributed by atoms with Crippen molar-refractivity contribution >= 4 is 33.7 Å². The molecule has 2 aromatic carbocycles. The van der Waals surface area contributed by atoms with Gasteiger partial charge in [-0.2, -0.15) is 5.10 Å². The van der Waals surface area contributed by atoms with Crippen molar-refractivity contribution in [2.45, 2.75) is 45.2 Å². The molecule has 1 aromatic heterocycles. The number of aromatic nitrogens is 1. The van der Waals surface area contributed by atoms with E-state index in [1.54, 1.807) is 30.7 Å². The Labute approximate surface area is 198 Å². The van der Waals surface area contributed by atoms with Crippen LogP contribution < -0.4 is 14.3 Å². The Morgan fingerprint density at radius 1 is 1.15 bits per heavy atom. The summed E-state index contributed by atoms with van der Waals surface area (Å²) in [6.45, 7) is 4.20. The summed E-state index contributed by atoms with van der Waals surface area (Å²) in [6, 6.07) is 14.2. The second-order valence-corrected chi connectivity index (χ2v) is 9.39. The minimum Gasteiger partial charge on any atom is -0.493 e. The van der Waals surface area contributed by atoms with E-state index in [-0.39, 0.29) is 24.6 Å². The van der Waals surface area contributed by atoms with Gasteiger partial charge >= 0.3 is 0 Å². The number of hydrogen-bond acceptors (Lipinski definition) is 6. The molecule has 8 heteroatoms. The van der Waals surface area contributed by atoms with Crippen LogP contribution in [0.5, 0.6) is 11.5 Å². The summed E-state index contributed by atoms with van der Waals surface area (Å²) in [5.41, 5.74) is 1.96. The fourth-order valence-electron chi connectivity index (χ4n) is 4.33. The molecule has 7 nitrogen and oxygen atoms in total. The summed E-state index contributed by atoms with van der Waals surface area (Å²) in [7, 11) is 3.57. The number of benzene rings is 2. The summed E-state index contributed by atoms with van der Waals surface area (Å²) in [6.07, 6.45) is 4.92. The van der Waals surface area contributed by atoms with Gasteiger partial charge in [0.05, 0.1) is 23.5 Å². The van der Waals surface area contributed by atoms with E-state index in [1.165, 1.54) is 4.70 Å². The fourth-order valence-corrected chi connectivity index (χ4v) is 5.31. The predicted molar refractivity (Wildman–Crippen MR) is 132 cm³/mol. The van der Waals surface area contributed by atoms with E-state index in [0.717, 1.165) is 35.1 Å². The number of hydrogen-bond donors (Lipinski definition) is 0. The van der Waals surface area contributed by atoms with Crippen LogP contribution in [0.25, 0.3) is 10.2 Å². The molecule has 0 radical (unpaired) electrons. The second-order valence-electron chi connectivity index (χ2n) is 8.38. The Morgan fingerprint density at radius 2 is 1.91 bits per heavy atom. The Bertz CT molecular complexity index is 1220. The van der Waals surface area contributed by atoms with Crippen molar-refractivity contribution in [2.24, 2.45) is 17.3 Å². The molecule has 0 bridgehead atoms. The lowest BCUT2D eigenvalue weighted by atomic mass is 9.97. The summed E-state index contributed by atoms with van der Waals surface area (Å²) in [5, 5.41) is 8.63. The molecule has 0 N–H and O–H groups in total. The van der Waals surface area contributed by atoms with Crippen LogP contribution in [0.3, 0.4) is 0 Å². The smallest absolute Gasteiger partial charge is 0.260 e. The molecule has 2 atom stereocenters. The summed E-state index contributed by atoms with van der Waals surface area (Å²) >= 11 is 1.59. The summed E-state index contributed by atoms with van der Waals surface area (Å²) < 4.78 is 14.5. The van der Waals surface area contributed by atoms with Crippen LogP contribution in [0, 0.1) is 0 Å². The molecule has 0 aliphatic carbocycles. The quantitative estimate of drug-likeness (QED) is 0.401. The predicted octanol–water partition coefficient (Wildman–Crippen LogP) is 4.35. The molecule has 3 aromatic rings. The first-order valence-electron chi connectivity index (χ1n) is 11.2. The molecule has 1 saturated heterocycles. The normalized spacial score (nSPS) is 19.4. The number of piperidine rings is 1. The molecule has 2 unspecified atom stereocenters. The van der Waals surface area contributed by atoms with Crippen LogP contribution in [0.15, 0.2) is 52.7 Å². The van der Waals surface area contributed by atoms with E-state index >= 15 is 0 Å². The molecule has 174 valence electrons. The Hall–Kier alpha value is -3.13. The van der Waals surface area contributed by atoms with E-state index in [0.29, 0.717) is 11.5 Å². The van der Waals surface area contributed by atoms with Crippen molar-refractivity contribution in [1.29, 1.82) is 0 Å². The first-order valence-corrected chi connectivity index (χ1v) is 12.0. The maximum Gasteiger partial charge on any atom is 0.260 e. The minimum absolute atomic E-state index is 0.00372.